The maximum absolute atomic E-state index is 8.82. The fraction of sp³-hybridized carbons (Fsp3) is 0.600. The zero-order valence-electron chi connectivity index (χ0n) is 10.8. The Bertz CT molecular complexity index is 307. The highest BCUT2D eigenvalue weighted by Gasteiger charge is 2.30. The topological polar surface area (TPSA) is 20.2 Å². The van der Waals surface area contributed by atoms with Gasteiger partial charge in [0.15, 0.2) is 0 Å². The van der Waals surface area contributed by atoms with E-state index in [4.69, 9.17) is 5.11 Å². The van der Waals surface area contributed by atoms with Crippen LogP contribution in [0.5, 0.6) is 0 Å². The first kappa shape index (κ1) is 13.2. The van der Waals surface area contributed by atoms with Crippen LogP contribution in [0.15, 0.2) is 36.0 Å². The van der Waals surface area contributed by atoms with Crippen molar-refractivity contribution >= 4 is 0 Å². The lowest BCUT2D eigenvalue weighted by atomic mass is 9.68. The van der Waals surface area contributed by atoms with Crippen LogP contribution in [0, 0.1) is 11.3 Å². The molecule has 1 N–H and O–H groups in total. The van der Waals surface area contributed by atoms with Crippen molar-refractivity contribution in [1.82, 2.24) is 0 Å². The fourth-order valence-electron chi connectivity index (χ4n) is 2.50. The van der Waals surface area contributed by atoms with Crippen LogP contribution in [0.25, 0.3) is 0 Å². The normalized spacial score (nSPS) is 24.9. The molecule has 1 nitrogen and oxygen atoms in total. The molecule has 0 aromatic heterocycles. The summed E-state index contributed by atoms with van der Waals surface area (Å²) in [6.45, 7) is 11.0. The Kier molecular flexibility index (Phi) is 4.55. The summed E-state index contributed by atoms with van der Waals surface area (Å²) in [4.78, 5) is 0. The monoisotopic (exact) mass is 220 g/mol. The summed E-state index contributed by atoms with van der Waals surface area (Å²) >= 11 is 0. The number of aliphatic hydroxyl groups is 1. The minimum Gasteiger partial charge on any atom is -0.392 e. The number of rotatable bonds is 4. The first-order chi connectivity index (χ1) is 7.47. The summed E-state index contributed by atoms with van der Waals surface area (Å²) in [6, 6.07) is 0. The van der Waals surface area contributed by atoms with Gasteiger partial charge in [0.05, 0.1) is 6.61 Å². The quantitative estimate of drug-likeness (QED) is 0.713. The Labute approximate surface area is 99.6 Å². The van der Waals surface area contributed by atoms with Gasteiger partial charge in [0.2, 0.25) is 0 Å². The van der Waals surface area contributed by atoms with Crippen molar-refractivity contribution < 1.29 is 5.11 Å². The Morgan fingerprint density at radius 2 is 2.31 bits per heavy atom. The van der Waals surface area contributed by atoms with Crippen LogP contribution >= 0.6 is 0 Å². The van der Waals surface area contributed by atoms with E-state index in [0.29, 0.717) is 5.92 Å². The molecule has 0 bridgehead atoms. The highest BCUT2D eigenvalue weighted by Crippen LogP contribution is 2.41. The molecule has 1 aliphatic carbocycles. The second kappa shape index (κ2) is 5.49. The summed E-state index contributed by atoms with van der Waals surface area (Å²) in [7, 11) is 0. The van der Waals surface area contributed by atoms with E-state index in [1.54, 1.807) is 0 Å². The van der Waals surface area contributed by atoms with E-state index >= 15 is 0 Å². The Morgan fingerprint density at radius 3 is 2.88 bits per heavy atom. The molecule has 0 heterocycles. The number of hydrogen-bond donors (Lipinski definition) is 1. The number of aliphatic hydroxyl groups excluding tert-OH is 1. The molecule has 0 amide bonds. The molecule has 0 spiro atoms. The summed E-state index contributed by atoms with van der Waals surface area (Å²) in [5, 5.41) is 8.82. The SMILES string of the molecule is C=C1CC=CC(C)(C)[C@@H]1CC/C(C)=C/CO. The first-order valence-electron chi connectivity index (χ1n) is 6.09. The summed E-state index contributed by atoms with van der Waals surface area (Å²) in [5.41, 5.74) is 2.86. The average Bonchev–Trinajstić information content (AvgIpc) is 2.16. The van der Waals surface area contributed by atoms with Crippen LogP contribution in [0.2, 0.25) is 0 Å². The summed E-state index contributed by atoms with van der Waals surface area (Å²) in [6.07, 6.45) is 9.66. The van der Waals surface area contributed by atoms with Crippen molar-refractivity contribution in [1.29, 1.82) is 0 Å². The second-order valence-electron chi connectivity index (χ2n) is 5.41. The second-order valence-corrected chi connectivity index (χ2v) is 5.41. The maximum atomic E-state index is 8.82. The highest BCUT2D eigenvalue weighted by atomic mass is 16.2. The molecule has 0 aromatic carbocycles. The maximum Gasteiger partial charge on any atom is 0.0614 e. The lowest BCUT2D eigenvalue weighted by Crippen LogP contribution is -2.26. The van der Waals surface area contributed by atoms with Crippen LogP contribution in [-0.4, -0.2) is 11.7 Å². The van der Waals surface area contributed by atoms with E-state index in [1.165, 1.54) is 11.1 Å². The molecule has 1 aliphatic rings. The minimum atomic E-state index is 0.154. The van der Waals surface area contributed by atoms with Gasteiger partial charge in [-0.15, -0.1) is 0 Å². The zero-order chi connectivity index (χ0) is 12.2. The third-order valence-electron chi connectivity index (χ3n) is 3.59. The van der Waals surface area contributed by atoms with E-state index in [9.17, 15) is 0 Å². The molecular weight excluding hydrogens is 196 g/mol. The van der Waals surface area contributed by atoms with Crippen molar-refractivity contribution in [3.63, 3.8) is 0 Å². The number of allylic oxidation sites excluding steroid dienone is 4. The van der Waals surface area contributed by atoms with Gasteiger partial charge in [-0.3, -0.25) is 0 Å². The molecule has 0 saturated heterocycles. The van der Waals surface area contributed by atoms with Crippen LogP contribution in [0.3, 0.4) is 0 Å². The molecule has 0 aliphatic heterocycles. The predicted molar refractivity (Wildman–Crippen MR) is 70.2 cm³/mol. The Morgan fingerprint density at radius 1 is 1.62 bits per heavy atom. The first-order valence-corrected chi connectivity index (χ1v) is 6.09. The van der Waals surface area contributed by atoms with Crippen molar-refractivity contribution in [3.05, 3.63) is 36.0 Å². The van der Waals surface area contributed by atoms with Gasteiger partial charge >= 0.3 is 0 Å². The predicted octanol–water partition coefficient (Wildman–Crippen LogP) is 3.86. The fourth-order valence-corrected chi connectivity index (χ4v) is 2.50. The van der Waals surface area contributed by atoms with E-state index in [-0.39, 0.29) is 12.0 Å². The average molecular weight is 220 g/mol. The van der Waals surface area contributed by atoms with Crippen LogP contribution in [0.1, 0.15) is 40.0 Å². The van der Waals surface area contributed by atoms with Crippen molar-refractivity contribution in [2.24, 2.45) is 11.3 Å². The molecule has 1 rings (SSSR count). The van der Waals surface area contributed by atoms with Gasteiger partial charge in [0, 0.05) is 0 Å². The smallest absolute Gasteiger partial charge is 0.0614 e. The zero-order valence-corrected chi connectivity index (χ0v) is 10.8. The Balaban J connectivity index is 2.62. The minimum absolute atomic E-state index is 0.154. The molecule has 0 fully saturated rings. The standard InChI is InChI=1S/C15H24O/c1-12(9-11-16)7-8-14-13(2)6-5-10-15(14,3)4/h5,9-10,14,16H,2,6-8,11H2,1,3-4H3/b12-9+/t14-/m1/s1. The molecule has 90 valence electrons. The van der Waals surface area contributed by atoms with Gasteiger partial charge in [0.1, 0.15) is 0 Å². The third kappa shape index (κ3) is 3.34. The highest BCUT2D eigenvalue weighted by molar-refractivity contribution is 5.20. The number of hydrogen-bond acceptors (Lipinski definition) is 1. The molecule has 1 atom stereocenters. The van der Waals surface area contributed by atoms with Gasteiger partial charge in [-0.2, -0.15) is 0 Å². The van der Waals surface area contributed by atoms with Crippen molar-refractivity contribution in [2.45, 2.75) is 40.0 Å². The van der Waals surface area contributed by atoms with Gasteiger partial charge < -0.3 is 5.11 Å². The van der Waals surface area contributed by atoms with Crippen LogP contribution in [-0.2, 0) is 0 Å². The van der Waals surface area contributed by atoms with Gasteiger partial charge in [-0.1, -0.05) is 49.8 Å². The summed E-state index contributed by atoms with van der Waals surface area (Å²) in [5.74, 6) is 0.569. The van der Waals surface area contributed by atoms with E-state index in [0.717, 1.165) is 19.3 Å². The Hall–Kier alpha value is -0.820. The lowest BCUT2D eigenvalue weighted by Gasteiger charge is -2.36. The van der Waals surface area contributed by atoms with Crippen molar-refractivity contribution in [2.75, 3.05) is 6.61 Å². The molecule has 0 saturated carbocycles. The van der Waals surface area contributed by atoms with Crippen LogP contribution in [0.4, 0.5) is 0 Å². The molecular formula is C15H24O. The molecule has 0 aromatic rings. The molecule has 0 radical (unpaired) electrons. The molecule has 0 unspecified atom stereocenters. The van der Waals surface area contributed by atoms with Gasteiger partial charge in [-0.25, -0.2) is 0 Å². The van der Waals surface area contributed by atoms with E-state index in [1.807, 2.05) is 6.08 Å². The largest absolute Gasteiger partial charge is 0.392 e. The van der Waals surface area contributed by atoms with Gasteiger partial charge in [0.25, 0.3) is 0 Å². The molecule has 16 heavy (non-hydrogen) atoms. The van der Waals surface area contributed by atoms with E-state index in [2.05, 4.69) is 39.5 Å². The van der Waals surface area contributed by atoms with E-state index < -0.39 is 0 Å². The van der Waals surface area contributed by atoms with Gasteiger partial charge in [-0.05, 0) is 37.5 Å². The summed E-state index contributed by atoms with van der Waals surface area (Å²) < 4.78 is 0. The third-order valence-corrected chi connectivity index (χ3v) is 3.59. The van der Waals surface area contributed by atoms with Crippen LogP contribution < -0.4 is 0 Å². The molecule has 1 heteroatoms. The lowest BCUT2D eigenvalue weighted by molar-refractivity contribution is 0.295. The van der Waals surface area contributed by atoms with Crippen molar-refractivity contribution in [3.8, 4) is 0 Å².